The van der Waals surface area contributed by atoms with Crippen LogP contribution in [0.3, 0.4) is 0 Å². The van der Waals surface area contributed by atoms with Gasteiger partial charge in [0, 0.05) is 6.42 Å². The molecule has 1 saturated heterocycles. The summed E-state index contributed by atoms with van der Waals surface area (Å²) >= 11 is 0. The predicted octanol–water partition coefficient (Wildman–Crippen LogP) is -0.236. The Hall–Kier alpha value is -1.96. The number of nitrogens with zero attached hydrogens (tertiary/aromatic N) is 4. The number of hydrogen-bond donors (Lipinski definition) is 7. The Balaban J connectivity index is 1.89. The van der Waals surface area contributed by atoms with Crippen LogP contribution < -0.4 is 11.5 Å². The number of hydrogen-bond acceptors (Lipinski definition) is 13. The number of aliphatic hydroxyl groups excluding tert-OH is 1. The molecule has 3 heterocycles. The Morgan fingerprint density at radius 3 is 2.46 bits per heavy atom. The van der Waals surface area contributed by atoms with Crippen molar-refractivity contribution in [2.24, 2.45) is 0 Å². The first-order chi connectivity index (χ1) is 16.0. The van der Waals surface area contributed by atoms with E-state index in [0.29, 0.717) is 0 Å². The van der Waals surface area contributed by atoms with Crippen molar-refractivity contribution in [1.82, 2.24) is 19.5 Å². The molecule has 0 saturated carbocycles. The van der Waals surface area contributed by atoms with Crippen molar-refractivity contribution < 1.29 is 56.3 Å². The summed E-state index contributed by atoms with van der Waals surface area (Å²) in [6.45, 7) is 2.52. The highest BCUT2D eigenvalue weighted by Crippen LogP contribution is 2.67. The maximum absolute atomic E-state index is 12.3. The SMILES string of the molecule is CC#CC1(C(C)OP(=O)(O)OP(=O)(O)OP(=O)(O)O)OC(n2cnc3c(N)nc(N)nc32)CC1O. The van der Waals surface area contributed by atoms with Gasteiger partial charge < -0.3 is 40.9 Å². The van der Waals surface area contributed by atoms with Crippen LogP contribution in [0.15, 0.2) is 6.33 Å². The van der Waals surface area contributed by atoms with Gasteiger partial charge in [0.15, 0.2) is 17.1 Å². The van der Waals surface area contributed by atoms with Gasteiger partial charge in [-0.15, -0.1) is 5.92 Å². The number of nitrogens with two attached hydrogens (primary N) is 2. The summed E-state index contributed by atoms with van der Waals surface area (Å²) in [6.07, 6.45) is -2.98. The summed E-state index contributed by atoms with van der Waals surface area (Å²) in [5.74, 6) is 4.89. The van der Waals surface area contributed by atoms with E-state index in [4.69, 9.17) is 30.5 Å². The second kappa shape index (κ2) is 9.49. The number of aliphatic hydroxyl groups is 1. The Morgan fingerprint density at radius 2 is 1.86 bits per heavy atom. The van der Waals surface area contributed by atoms with Crippen molar-refractivity contribution in [3.05, 3.63) is 6.33 Å². The first-order valence-corrected chi connectivity index (χ1v) is 13.9. The fourth-order valence-corrected chi connectivity index (χ4v) is 6.62. The third-order valence-electron chi connectivity index (χ3n) is 4.66. The van der Waals surface area contributed by atoms with Crippen molar-refractivity contribution in [3.8, 4) is 11.8 Å². The summed E-state index contributed by atoms with van der Waals surface area (Å²) in [4.78, 5) is 48.5. The molecule has 6 unspecified atom stereocenters. The second-order valence-corrected chi connectivity index (χ2v) is 11.5. The summed E-state index contributed by atoms with van der Waals surface area (Å²) < 4.78 is 54.2. The number of nitrogen functional groups attached to an aromatic ring is 2. The van der Waals surface area contributed by atoms with E-state index in [1.165, 1.54) is 17.8 Å². The zero-order valence-corrected chi connectivity index (χ0v) is 20.6. The van der Waals surface area contributed by atoms with Gasteiger partial charge in [0.25, 0.3) is 0 Å². The normalized spacial score (nSPS) is 27.1. The fraction of sp³-hybridized carbons (Fsp3) is 0.500. The summed E-state index contributed by atoms with van der Waals surface area (Å²) in [7, 11) is -16.9. The molecular formula is C14H21N6O12P3. The first kappa shape index (κ1) is 27.6. The molecule has 2 aromatic heterocycles. The second-order valence-electron chi connectivity index (χ2n) is 7.12. The number of anilines is 2. The minimum atomic E-state index is -5.76. The molecule has 3 rings (SSSR count). The first-order valence-electron chi connectivity index (χ1n) is 9.36. The molecular weight excluding hydrogens is 537 g/mol. The average Bonchev–Trinajstić information content (AvgIpc) is 3.20. The summed E-state index contributed by atoms with van der Waals surface area (Å²) in [5.41, 5.74) is 9.78. The van der Waals surface area contributed by atoms with Crippen molar-refractivity contribution in [2.75, 3.05) is 11.5 Å². The molecule has 0 bridgehead atoms. The monoisotopic (exact) mass is 558 g/mol. The van der Waals surface area contributed by atoms with Crippen LogP contribution in [0.4, 0.5) is 11.8 Å². The molecule has 1 aliphatic rings. The lowest BCUT2D eigenvalue weighted by Crippen LogP contribution is -2.48. The maximum Gasteiger partial charge on any atom is 0.490 e. The molecule has 6 atom stereocenters. The number of phosphoric ester groups is 1. The van der Waals surface area contributed by atoms with Crippen LogP contribution in [0.25, 0.3) is 11.2 Å². The predicted molar refractivity (Wildman–Crippen MR) is 115 cm³/mol. The van der Waals surface area contributed by atoms with Gasteiger partial charge in [-0.05, 0) is 13.8 Å². The van der Waals surface area contributed by atoms with Gasteiger partial charge in [0.2, 0.25) is 5.95 Å². The van der Waals surface area contributed by atoms with Crippen LogP contribution >= 0.6 is 23.5 Å². The zero-order valence-electron chi connectivity index (χ0n) is 17.9. The molecule has 1 aliphatic heterocycles. The van der Waals surface area contributed by atoms with E-state index >= 15 is 0 Å². The highest BCUT2D eigenvalue weighted by Gasteiger charge is 2.55. The zero-order chi connectivity index (χ0) is 26.4. The van der Waals surface area contributed by atoms with Crippen molar-refractivity contribution in [3.63, 3.8) is 0 Å². The minimum Gasteiger partial charge on any atom is -0.389 e. The van der Waals surface area contributed by atoms with E-state index in [9.17, 15) is 28.6 Å². The number of ether oxygens (including phenoxy) is 1. The van der Waals surface area contributed by atoms with E-state index < -0.39 is 47.5 Å². The molecule has 21 heteroatoms. The van der Waals surface area contributed by atoms with Gasteiger partial charge in [-0.25, -0.2) is 18.7 Å². The topological polar surface area (TPSA) is 285 Å². The molecule has 9 N–H and O–H groups in total. The van der Waals surface area contributed by atoms with E-state index in [2.05, 4.69) is 35.4 Å². The van der Waals surface area contributed by atoms with Crippen molar-refractivity contribution in [1.29, 1.82) is 0 Å². The van der Waals surface area contributed by atoms with E-state index in [0.717, 1.165) is 6.92 Å². The Labute approximate surface area is 196 Å². The standard InChI is InChI=1S/C14H21N6O12P3/c1-3-4-14(7(2)30-34(25,26)32-35(27,28)31-33(22,23)24)8(21)5-9(29-14)20-6-17-10-11(15)18-13(16)19-12(10)20/h6-9,21H,5H2,1-2H3,(H,25,26)(H,27,28)(H2,22,23,24)(H4,15,16,18,19). The van der Waals surface area contributed by atoms with Gasteiger partial charge in [-0.1, -0.05) is 5.92 Å². The van der Waals surface area contributed by atoms with Gasteiger partial charge in [0.05, 0.1) is 6.33 Å². The van der Waals surface area contributed by atoms with Crippen LogP contribution in [-0.4, -0.2) is 62.0 Å². The molecule has 194 valence electrons. The number of fused-ring (bicyclic) bond motifs is 1. The number of imidazole rings is 1. The smallest absolute Gasteiger partial charge is 0.389 e. The molecule has 0 radical (unpaired) electrons. The third kappa shape index (κ3) is 6.07. The van der Waals surface area contributed by atoms with Crippen LogP contribution in [0.2, 0.25) is 0 Å². The Bertz CT molecular complexity index is 1340. The largest absolute Gasteiger partial charge is 0.490 e. The fourth-order valence-electron chi connectivity index (χ4n) is 3.41. The molecule has 2 aromatic rings. The molecule has 0 aromatic carbocycles. The highest BCUT2D eigenvalue weighted by atomic mass is 31.3. The van der Waals surface area contributed by atoms with Crippen molar-refractivity contribution in [2.45, 2.75) is 44.3 Å². The maximum atomic E-state index is 12.3. The van der Waals surface area contributed by atoms with E-state index in [1.54, 1.807) is 0 Å². The number of aromatic nitrogens is 4. The third-order valence-corrected chi connectivity index (χ3v) is 8.57. The van der Waals surface area contributed by atoms with Crippen LogP contribution in [0.5, 0.6) is 0 Å². The quantitative estimate of drug-likeness (QED) is 0.162. The van der Waals surface area contributed by atoms with E-state index in [1.807, 2.05) is 0 Å². The van der Waals surface area contributed by atoms with Gasteiger partial charge in [0.1, 0.15) is 24.0 Å². The van der Waals surface area contributed by atoms with Crippen molar-refractivity contribution >= 4 is 46.4 Å². The molecule has 0 spiro atoms. The average molecular weight is 558 g/mol. The van der Waals surface area contributed by atoms with Gasteiger partial charge in [-0.3, -0.25) is 9.09 Å². The molecule has 35 heavy (non-hydrogen) atoms. The lowest BCUT2D eigenvalue weighted by Gasteiger charge is -2.33. The van der Waals surface area contributed by atoms with Gasteiger partial charge >= 0.3 is 23.5 Å². The number of phosphoric acid groups is 3. The Kier molecular flexibility index (Phi) is 7.49. The lowest BCUT2D eigenvalue weighted by molar-refractivity contribution is -0.118. The van der Waals surface area contributed by atoms with Gasteiger partial charge in [-0.2, -0.15) is 18.6 Å². The van der Waals surface area contributed by atoms with E-state index in [-0.39, 0.29) is 29.4 Å². The lowest BCUT2D eigenvalue weighted by atomic mass is 9.92. The minimum absolute atomic E-state index is 0.00886. The van der Waals surface area contributed by atoms with Crippen LogP contribution in [-0.2, 0) is 31.6 Å². The van der Waals surface area contributed by atoms with Crippen LogP contribution in [0.1, 0.15) is 26.5 Å². The number of rotatable bonds is 8. The molecule has 18 nitrogen and oxygen atoms in total. The summed E-state index contributed by atoms with van der Waals surface area (Å²) in [6, 6.07) is 0. The molecule has 0 aliphatic carbocycles. The molecule has 1 fully saturated rings. The Morgan fingerprint density at radius 1 is 1.20 bits per heavy atom. The summed E-state index contributed by atoms with van der Waals surface area (Å²) in [5, 5.41) is 10.8. The molecule has 0 amide bonds. The highest BCUT2D eigenvalue weighted by molar-refractivity contribution is 7.66. The van der Waals surface area contributed by atoms with Crippen LogP contribution in [0, 0.1) is 11.8 Å².